The molecule has 1 atom stereocenters. The van der Waals surface area contributed by atoms with Gasteiger partial charge in [0, 0.05) is 6.42 Å². The van der Waals surface area contributed by atoms with E-state index >= 15 is 0 Å². The van der Waals surface area contributed by atoms with Crippen molar-refractivity contribution in [1.29, 1.82) is 5.26 Å². The molecule has 96 valence electrons. The van der Waals surface area contributed by atoms with Crippen LogP contribution in [0.25, 0.3) is 0 Å². The first-order valence-electron chi connectivity index (χ1n) is 6.04. The number of hydrogen-bond donors (Lipinski definition) is 1. The van der Waals surface area contributed by atoms with Gasteiger partial charge >= 0.3 is 5.97 Å². The number of carbonyl (C=O) groups excluding carboxylic acids is 1. The van der Waals surface area contributed by atoms with Gasteiger partial charge in [-0.25, -0.2) is 4.79 Å². The third-order valence-electron chi connectivity index (χ3n) is 3.28. The molecule has 1 unspecified atom stereocenters. The maximum atomic E-state index is 11.2. The normalized spacial score (nSPS) is 19.6. The Balaban J connectivity index is 2.26. The average molecular weight is 240 g/mol. The summed E-state index contributed by atoms with van der Waals surface area (Å²) in [4.78, 5) is 13.5. The van der Waals surface area contributed by atoms with E-state index in [9.17, 15) is 9.90 Å². The van der Waals surface area contributed by atoms with Gasteiger partial charge in [0.15, 0.2) is 6.10 Å². The molecule has 0 aliphatic carbocycles. The van der Waals surface area contributed by atoms with E-state index < -0.39 is 12.1 Å². The van der Waals surface area contributed by atoms with Crippen LogP contribution in [0.2, 0.25) is 0 Å². The summed E-state index contributed by atoms with van der Waals surface area (Å²) in [6, 6.07) is 2.13. The van der Waals surface area contributed by atoms with E-state index in [1.165, 1.54) is 7.11 Å². The minimum absolute atomic E-state index is 0.00895. The highest BCUT2D eigenvalue weighted by Crippen LogP contribution is 2.21. The Morgan fingerprint density at radius 1 is 1.59 bits per heavy atom. The Morgan fingerprint density at radius 3 is 2.76 bits per heavy atom. The summed E-state index contributed by atoms with van der Waals surface area (Å²) < 4.78 is 4.53. The molecule has 1 fully saturated rings. The fourth-order valence-corrected chi connectivity index (χ4v) is 2.19. The van der Waals surface area contributed by atoms with E-state index in [0.29, 0.717) is 6.42 Å². The Hall–Kier alpha value is -1.12. The second-order valence-corrected chi connectivity index (χ2v) is 4.41. The fraction of sp³-hybridized carbons (Fsp3) is 0.833. The summed E-state index contributed by atoms with van der Waals surface area (Å²) in [7, 11) is 1.29. The molecule has 5 heteroatoms. The molecule has 1 aliphatic rings. The number of rotatable bonds is 5. The highest BCUT2D eigenvalue weighted by Gasteiger charge is 2.30. The maximum absolute atomic E-state index is 11.2. The van der Waals surface area contributed by atoms with Gasteiger partial charge < -0.3 is 14.7 Å². The Labute approximate surface area is 102 Å². The molecule has 0 aromatic carbocycles. The summed E-state index contributed by atoms with van der Waals surface area (Å²) in [5.74, 6) is -0.525. The van der Waals surface area contributed by atoms with Gasteiger partial charge in [0.1, 0.15) is 0 Å². The number of aliphatic hydroxyl groups excluding tert-OH is 1. The predicted octanol–water partition coefficient (Wildman–Crippen LogP) is 0.536. The van der Waals surface area contributed by atoms with Crippen LogP contribution in [-0.4, -0.2) is 48.8 Å². The lowest BCUT2D eigenvalue weighted by molar-refractivity contribution is -0.154. The van der Waals surface area contributed by atoms with Crippen LogP contribution in [0.1, 0.15) is 25.7 Å². The first kappa shape index (κ1) is 13.9. The molecule has 5 nitrogen and oxygen atoms in total. The SMILES string of the molecule is COC(=O)C(O)C1CCN(CCCC#N)CC1. The van der Waals surface area contributed by atoms with Gasteiger partial charge in [-0.2, -0.15) is 5.26 Å². The van der Waals surface area contributed by atoms with Crippen LogP contribution in [0.4, 0.5) is 0 Å². The van der Waals surface area contributed by atoms with E-state index in [2.05, 4.69) is 15.7 Å². The molecule has 17 heavy (non-hydrogen) atoms. The third-order valence-corrected chi connectivity index (χ3v) is 3.28. The molecule has 1 saturated heterocycles. The van der Waals surface area contributed by atoms with Crippen molar-refractivity contribution in [3.63, 3.8) is 0 Å². The molecule has 0 spiro atoms. The standard InChI is InChI=1S/C12H20N2O3/c1-17-12(16)11(15)10-4-8-14(9-5-10)7-3-2-6-13/h10-11,15H,2-5,7-9H2,1H3. The fourth-order valence-electron chi connectivity index (χ4n) is 2.19. The smallest absolute Gasteiger partial charge is 0.334 e. The van der Waals surface area contributed by atoms with Crippen molar-refractivity contribution in [2.24, 2.45) is 5.92 Å². The molecule has 1 N–H and O–H groups in total. The zero-order chi connectivity index (χ0) is 12.7. The predicted molar refractivity (Wildman–Crippen MR) is 62.0 cm³/mol. The number of hydrogen-bond acceptors (Lipinski definition) is 5. The molecule has 1 rings (SSSR count). The molecule has 0 saturated carbocycles. The first-order valence-corrected chi connectivity index (χ1v) is 6.04. The second-order valence-electron chi connectivity index (χ2n) is 4.41. The molecule has 0 aromatic rings. The van der Waals surface area contributed by atoms with Crippen molar-refractivity contribution in [3.05, 3.63) is 0 Å². The number of methoxy groups -OCH3 is 1. The molecule has 0 aromatic heterocycles. The largest absolute Gasteiger partial charge is 0.467 e. The number of unbranched alkanes of at least 4 members (excludes halogenated alkanes) is 1. The van der Waals surface area contributed by atoms with Crippen LogP contribution in [-0.2, 0) is 9.53 Å². The third kappa shape index (κ3) is 4.33. The molecule has 1 aliphatic heterocycles. The van der Waals surface area contributed by atoms with Crippen molar-refractivity contribution in [1.82, 2.24) is 4.90 Å². The van der Waals surface area contributed by atoms with Crippen LogP contribution in [0.5, 0.6) is 0 Å². The van der Waals surface area contributed by atoms with Gasteiger partial charge in [0.05, 0.1) is 13.2 Å². The lowest BCUT2D eigenvalue weighted by atomic mass is 9.91. The van der Waals surface area contributed by atoms with Gasteiger partial charge in [-0.1, -0.05) is 0 Å². The summed E-state index contributed by atoms with van der Waals surface area (Å²) in [5.41, 5.74) is 0. The number of nitriles is 1. The van der Waals surface area contributed by atoms with E-state index in [1.807, 2.05) is 0 Å². The molecule has 0 bridgehead atoms. The van der Waals surface area contributed by atoms with Crippen molar-refractivity contribution in [2.45, 2.75) is 31.8 Å². The van der Waals surface area contributed by atoms with Crippen molar-refractivity contribution >= 4 is 5.97 Å². The second kappa shape index (κ2) is 7.25. The summed E-state index contributed by atoms with van der Waals surface area (Å²) >= 11 is 0. The molecule has 0 amide bonds. The number of piperidine rings is 1. The van der Waals surface area contributed by atoms with Gasteiger partial charge in [-0.15, -0.1) is 0 Å². The van der Waals surface area contributed by atoms with E-state index in [1.54, 1.807) is 0 Å². The number of nitrogens with zero attached hydrogens (tertiary/aromatic N) is 2. The molecule has 0 radical (unpaired) electrons. The zero-order valence-electron chi connectivity index (χ0n) is 10.3. The van der Waals surface area contributed by atoms with E-state index in [4.69, 9.17) is 5.26 Å². The van der Waals surface area contributed by atoms with Gasteiger partial charge in [-0.05, 0) is 44.8 Å². The lowest BCUT2D eigenvalue weighted by Crippen LogP contribution is -2.41. The number of likely N-dealkylation sites (tertiary alicyclic amines) is 1. The molecular weight excluding hydrogens is 220 g/mol. The highest BCUT2D eigenvalue weighted by atomic mass is 16.5. The number of aliphatic hydroxyl groups is 1. The summed E-state index contributed by atoms with van der Waals surface area (Å²) in [5, 5.41) is 18.2. The Morgan fingerprint density at radius 2 is 2.24 bits per heavy atom. The topological polar surface area (TPSA) is 73.6 Å². The Bertz CT molecular complexity index is 280. The van der Waals surface area contributed by atoms with Gasteiger partial charge in [0.25, 0.3) is 0 Å². The van der Waals surface area contributed by atoms with Crippen molar-refractivity contribution in [3.8, 4) is 6.07 Å². The summed E-state index contributed by atoms with van der Waals surface area (Å²) in [6.07, 6.45) is 2.11. The van der Waals surface area contributed by atoms with E-state index in [0.717, 1.165) is 38.9 Å². The number of esters is 1. The van der Waals surface area contributed by atoms with Crippen LogP contribution in [0.15, 0.2) is 0 Å². The summed E-state index contributed by atoms with van der Waals surface area (Å²) in [6.45, 7) is 2.68. The monoisotopic (exact) mass is 240 g/mol. The van der Waals surface area contributed by atoms with Crippen LogP contribution >= 0.6 is 0 Å². The van der Waals surface area contributed by atoms with Crippen molar-refractivity contribution in [2.75, 3.05) is 26.7 Å². The minimum atomic E-state index is -0.985. The zero-order valence-corrected chi connectivity index (χ0v) is 10.3. The highest BCUT2D eigenvalue weighted by molar-refractivity contribution is 5.74. The molecule has 1 heterocycles. The van der Waals surface area contributed by atoms with Gasteiger partial charge in [0.2, 0.25) is 0 Å². The first-order chi connectivity index (χ1) is 8.19. The minimum Gasteiger partial charge on any atom is -0.467 e. The molecular formula is C12H20N2O3. The van der Waals surface area contributed by atoms with E-state index in [-0.39, 0.29) is 5.92 Å². The average Bonchev–Trinajstić information content (AvgIpc) is 2.38. The maximum Gasteiger partial charge on any atom is 0.334 e. The van der Waals surface area contributed by atoms with Gasteiger partial charge in [-0.3, -0.25) is 0 Å². The number of carbonyl (C=O) groups is 1. The van der Waals surface area contributed by atoms with Crippen LogP contribution in [0.3, 0.4) is 0 Å². The van der Waals surface area contributed by atoms with Crippen molar-refractivity contribution < 1.29 is 14.6 Å². The van der Waals surface area contributed by atoms with Crippen LogP contribution in [0, 0.1) is 17.2 Å². The van der Waals surface area contributed by atoms with Crippen LogP contribution < -0.4 is 0 Å². The quantitative estimate of drug-likeness (QED) is 0.560. The lowest BCUT2D eigenvalue weighted by Gasteiger charge is -2.33. The Kier molecular flexibility index (Phi) is 5.95. The number of ether oxygens (including phenoxy) is 1.